The fourth-order valence-electron chi connectivity index (χ4n) is 4.86. The third kappa shape index (κ3) is 3.57. The summed E-state index contributed by atoms with van der Waals surface area (Å²) in [5.41, 5.74) is 1.15. The molecule has 0 aliphatic carbocycles. The second-order valence-corrected chi connectivity index (χ2v) is 8.17. The van der Waals surface area contributed by atoms with Crippen LogP contribution in [0.4, 0.5) is 5.95 Å². The molecule has 0 aromatic carbocycles. The van der Waals surface area contributed by atoms with Crippen LogP contribution in [-0.4, -0.2) is 76.8 Å². The van der Waals surface area contributed by atoms with Gasteiger partial charge in [0.1, 0.15) is 0 Å². The van der Waals surface area contributed by atoms with Crippen LogP contribution in [0.3, 0.4) is 0 Å². The van der Waals surface area contributed by atoms with E-state index >= 15 is 0 Å². The molecule has 4 heterocycles. The number of carbonyl (C=O) groups is 2. The van der Waals surface area contributed by atoms with Gasteiger partial charge in [-0.15, -0.1) is 0 Å². The Balaban J connectivity index is 1.38. The number of rotatable bonds is 4. The summed E-state index contributed by atoms with van der Waals surface area (Å²) in [7, 11) is 2.19. The molecule has 2 unspecified atom stereocenters. The molecule has 3 fully saturated rings. The zero-order chi connectivity index (χ0) is 19.0. The lowest BCUT2D eigenvalue weighted by molar-refractivity contribution is -0.145. The van der Waals surface area contributed by atoms with Crippen LogP contribution >= 0.6 is 0 Å². The number of Topliss-reactive ketones (excluding diaryl/α,β-unsaturated/α-hetero) is 1. The molecule has 3 aliphatic heterocycles. The molecule has 0 spiro atoms. The summed E-state index contributed by atoms with van der Waals surface area (Å²) in [6.07, 6.45) is 8.41. The molecule has 2 atom stereocenters. The summed E-state index contributed by atoms with van der Waals surface area (Å²) in [5, 5.41) is 0. The Morgan fingerprint density at radius 3 is 2.19 bits per heavy atom. The first-order valence-electron chi connectivity index (χ1n) is 10.2. The first kappa shape index (κ1) is 18.3. The molecule has 0 radical (unpaired) electrons. The van der Waals surface area contributed by atoms with Crippen molar-refractivity contribution in [3.63, 3.8) is 0 Å². The van der Waals surface area contributed by atoms with Gasteiger partial charge in [-0.2, -0.15) is 0 Å². The van der Waals surface area contributed by atoms with Crippen molar-refractivity contribution in [2.75, 3.05) is 38.1 Å². The zero-order valence-corrected chi connectivity index (χ0v) is 16.3. The van der Waals surface area contributed by atoms with Crippen LogP contribution in [0.2, 0.25) is 0 Å². The van der Waals surface area contributed by atoms with Gasteiger partial charge < -0.3 is 14.7 Å². The van der Waals surface area contributed by atoms with E-state index in [0.29, 0.717) is 31.1 Å². The molecular weight excluding hydrogens is 342 g/mol. The highest BCUT2D eigenvalue weighted by Crippen LogP contribution is 2.33. The number of fused-ring (bicyclic) bond motifs is 2. The second-order valence-electron chi connectivity index (χ2n) is 8.17. The average Bonchev–Trinajstić information content (AvgIpc) is 2.98. The molecule has 2 bridgehead atoms. The van der Waals surface area contributed by atoms with Crippen molar-refractivity contribution in [2.45, 2.75) is 57.0 Å². The zero-order valence-electron chi connectivity index (χ0n) is 16.3. The van der Waals surface area contributed by atoms with E-state index in [1.54, 1.807) is 11.8 Å². The number of piperazine rings is 1. The van der Waals surface area contributed by atoms with Crippen LogP contribution < -0.4 is 4.90 Å². The van der Waals surface area contributed by atoms with Crippen molar-refractivity contribution in [1.82, 2.24) is 19.8 Å². The van der Waals surface area contributed by atoms with E-state index in [9.17, 15) is 9.59 Å². The lowest BCUT2D eigenvalue weighted by Crippen LogP contribution is -2.53. The maximum Gasteiger partial charge on any atom is 0.289 e. The molecule has 27 heavy (non-hydrogen) atoms. The summed E-state index contributed by atoms with van der Waals surface area (Å²) in [6.45, 7) is 5.19. The Morgan fingerprint density at radius 1 is 1.04 bits per heavy atom. The molecule has 1 aromatic heterocycles. The lowest BCUT2D eigenvalue weighted by Gasteiger charge is -2.39. The van der Waals surface area contributed by atoms with E-state index in [0.717, 1.165) is 37.4 Å². The summed E-state index contributed by atoms with van der Waals surface area (Å²) < 4.78 is 0. The molecule has 0 N–H and O–H groups in total. The molecule has 7 heteroatoms. The predicted molar refractivity (Wildman–Crippen MR) is 103 cm³/mol. The van der Waals surface area contributed by atoms with Crippen LogP contribution in [0.15, 0.2) is 12.4 Å². The summed E-state index contributed by atoms with van der Waals surface area (Å²) in [6, 6.07) is 1.06. The highest BCUT2D eigenvalue weighted by molar-refractivity contribution is 6.35. The number of aromatic nitrogens is 2. The van der Waals surface area contributed by atoms with Crippen molar-refractivity contribution in [3.8, 4) is 0 Å². The lowest BCUT2D eigenvalue weighted by atomic mass is 9.91. The number of amides is 1. The Hall–Kier alpha value is -2.02. The molecule has 7 nitrogen and oxygen atoms in total. The molecule has 1 aromatic rings. The number of hydrogen-bond donors (Lipinski definition) is 0. The van der Waals surface area contributed by atoms with Gasteiger partial charge in [-0.1, -0.05) is 6.92 Å². The van der Waals surface area contributed by atoms with Gasteiger partial charge in [0.2, 0.25) is 11.7 Å². The van der Waals surface area contributed by atoms with Crippen molar-refractivity contribution in [3.05, 3.63) is 18.0 Å². The fourth-order valence-corrected chi connectivity index (χ4v) is 4.86. The van der Waals surface area contributed by atoms with E-state index < -0.39 is 0 Å². The van der Waals surface area contributed by atoms with E-state index in [4.69, 9.17) is 9.97 Å². The summed E-state index contributed by atoms with van der Waals surface area (Å²) in [4.78, 5) is 39.6. The van der Waals surface area contributed by atoms with E-state index in [2.05, 4.69) is 16.8 Å². The molecule has 1 amide bonds. The number of likely N-dealkylation sites (N-methyl/N-ethyl adjacent to an activating group) is 1. The minimum absolute atomic E-state index is 0.280. The number of ketones is 1. The third-order valence-corrected chi connectivity index (χ3v) is 6.37. The first-order chi connectivity index (χ1) is 13.1. The summed E-state index contributed by atoms with van der Waals surface area (Å²) in [5.74, 6) is 0.612. The van der Waals surface area contributed by atoms with E-state index in [-0.39, 0.29) is 18.1 Å². The quantitative estimate of drug-likeness (QED) is 0.746. The van der Waals surface area contributed by atoms with Crippen molar-refractivity contribution in [1.29, 1.82) is 0 Å². The van der Waals surface area contributed by atoms with Gasteiger partial charge in [-0.05, 0) is 44.2 Å². The highest BCUT2D eigenvalue weighted by atomic mass is 16.2. The number of likely N-dealkylation sites (tertiary alicyclic amines) is 2. The van der Waals surface area contributed by atoms with Gasteiger partial charge >= 0.3 is 0 Å². The minimum atomic E-state index is -0.326. The van der Waals surface area contributed by atoms with Crippen LogP contribution in [0.5, 0.6) is 0 Å². The number of carbonyl (C=O) groups excluding carboxylic acids is 2. The van der Waals surface area contributed by atoms with Gasteiger partial charge in [0.15, 0.2) is 0 Å². The highest BCUT2D eigenvalue weighted by Gasteiger charge is 2.40. The largest absolute Gasteiger partial charge is 0.336 e. The normalized spacial score (nSPS) is 26.4. The van der Waals surface area contributed by atoms with Gasteiger partial charge in [-0.25, -0.2) is 9.97 Å². The number of anilines is 1. The number of piperidine rings is 1. The Bertz CT molecular complexity index is 685. The van der Waals surface area contributed by atoms with Crippen LogP contribution in [0, 0.1) is 0 Å². The fraction of sp³-hybridized carbons (Fsp3) is 0.700. The van der Waals surface area contributed by atoms with E-state index in [1.807, 2.05) is 12.4 Å². The maximum absolute atomic E-state index is 12.0. The average molecular weight is 371 g/mol. The Labute approximate surface area is 160 Å². The molecular formula is C20H29N5O2. The monoisotopic (exact) mass is 371 g/mol. The van der Waals surface area contributed by atoms with Gasteiger partial charge in [0.05, 0.1) is 0 Å². The van der Waals surface area contributed by atoms with Crippen LogP contribution in [-0.2, 0) is 9.59 Å². The summed E-state index contributed by atoms with van der Waals surface area (Å²) >= 11 is 0. The smallest absolute Gasteiger partial charge is 0.289 e. The molecule has 4 rings (SSSR count). The predicted octanol–water partition coefficient (Wildman–Crippen LogP) is 1.44. The standard InChI is InChI=1S/C20H29N5O2/c1-3-18(26)19(27)24-8-6-14(7-9-24)15-10-21-20(22-11-15)25-16-4-5-17(25)13-23(2)12-16/h10-11,14,16-17H,3-9,12-13H2,1-2H3. The van der Waals surface area contributed by atoms with Crippen molar-refractivity contribution in [2.24, 2.45) is 0 Å². The molecule has 3 aliphatic rings. The molecule has 0 saturated carbocycles. The van der Waals surface area contributed by atoms with Crippen molar-refractivity contribution >= 4 is 17.6 Å². The molecule has 3 saturated heterocycles. The number of hydrogen-bond acceptors (Lipinski definition) is 6. The first-order valence-corrected chi connectivity index (χ1v) is 10.2. The van der Waals surface area contributed by atoms with Gasteiger partial charge in [0.25, 0.3) is 5.91 Å². The van der Waals surface area contributed by atoms with Crippen LogP contribution in [0.1, 0.15) is 50.5 Å². The second kappa shape index (κ2) is 7.54. The number of nitrogens with zero attached hydrogens (tertiary/aromatic N) is 5. The van der Waals surface area contributed by atoms with Gasteiger partial charge in [-0.3, -0.25) is 9.59 Å². The molecule has 146 valence electrons. The third-order valence-electron chi connectivity index (χ3n) is 6.37. The van der Waals surface area contributed by atoms with Gasteiger partial charge in [0, 0.05) is 57.1 Å². The van der Waals surface area contributed by atoms with E-state index in [1.165, 1.54) is 12.8 Å². The minimum Gasteiger partial charge on any atom is -0.336 e. The Kier molecular flexibility index (Phi) is 5.12. The maximum atomic E-state index is 12.0. The SMILES string of the molecule is CCC(=O)C(=O)N1CCC(c2cnc(N3C4CCC3CN(C)C4)nc2)CC1. The van der Waals surface area contributed by atoms with Crippen LogP contribution in [0.25, 0.3) is 0 Å². The topological polar surface area (TPSA) is 69.6 Å². The van der Waals surface area contributed by atoms with Crippen molar-refractivity contribution < 1.29 is 9.59 Å². The Morgan fingerprint density at radius 2 is 1.63 bits per heavy atom.